The number of nitrogens with two attached hydrogens (primary N) is 1. The molecule has 192 valence electrons. The SMILES string of the molecule is CCOC(=O)c1c(NC(=O)CSc2nnc(COc3ccc(Cl)cc3Cl)n2CC)sc(C(N)=O)c1C. The predicted molar refractivity (Wildman–Crippen MR) is 139 cm³/mol. The molecule has 2 heterocycles. The fraction of sp³-hybridized carbons (Fsp3) is 0.318. The number of esters is 1. The van der Waals surface area contributed by atoms with Crippen molar-refractivity contribution in [2.45, 2.75) is 39.1 Å². The number of thioether (sulfide) groups is 1. The summed E-state index contributed by atoms with van der Waals surface area (Å²) in [6.45, 7) is 5.96. The van der Waals surface area contributed by atoms with Crippen LogP contribution in [-0.4, -0.2) is 44.9 Å². The van der Waals surface area contributed by atoms with E-state index in [2.05, 4.69) is 15.5 Å². The van der Waals surface area contributed by atoms with Crippen LogP contribution in [0.1, 0.15) is 45.3 Å². The van der Waals surface area contributed by atoms with E-state index in [1.165, 1.54) is 0 Å². The first-order valence-electron chi connectivity index (χ1n) is 10.7. The first-order valence-corrected chi connectivity index (χ1v) is 13.2. The minimum atomic E-state index is -0.691. The van der Waals surface area contributed by atoms with Gasteiger partial charge in [-0.2, -0.15) is 0 Å². The molecule has 36 heavy (non-hydrogen) atoms. The Morgan fingerprint density at radius 3 is 2.61 bits per heavy atom. The third kappa shape index (κ3) is 6.49. The van der Waals surface area contributed by atoms with Crippen LogP contribution < -0.4 is 15.8 Å². The molecule has 0 radical (unpaired) electrons. The fourth-order valence-corrected chi connectivity index (χ4v) is 5.51. The minimum Gasteiger partial charge on any atom is -0.484 e. The van der Waals surface area contributed by atoms with Gasteiger partial charge in [0.15, 0.2) is 11.0 Å². The maximum Gasteiger partial charge on any atom is 0.341 e. The van der Waals surface area contributed by atoms with Crippen LogP contribution in [0.2, 0.25) is 10.0 Å². The minimum absolute atomic E-state index is 0.0207. The number of benzene rings is 1. The predicted octanol–water partition coefficient (Wildman–Crippen LogP) is 4.56. The Morgan fingerprint density at radius 2 is 1.97 bits per heavy atom. The summed E-state index contributed by atoms with van der Waals surface area (Å²) in [5.41, 5.74) is 5.89. The van der Waals surface area contributed by atoms with E-state index >= 15 is 0 Å². The molecule has 0 saturated heterocycles. The monoisotopic (exact) mass is 571 g/mol. The number of carbonyl (C=O) groups is 3. The van der Waals surface area contributed by atoms with Crippen molar-refractivity contribution in [1.82, 2.24) is 14.8 Å². The van der Waals surface area contributed by atoms with Crippen LogP contribution in [-0.2, 0) is 22.7 Å². The number of hydrogen-bond donors (Lipinski definition) is 2. The lowest BCUT2D eigenvalue weighted by atomic mass is 10.1. The Kier molecular flexibility index (Phi) is 9.60. The summed E-state index contributed by atoms with van der Waals surface area (Å²) in [5.74, 6) is -0.747. The van der Waals surface area contributed by atoms with Gasteiger partial charge in [-0.3, -0.25) is 9.59 Å². The van der Waals surface area contributed by atoms with E-state index in [9.17, 15) is 14.4 Å². The number of thiophene rings is 1. The summed E-state index contributed by atoms with van der Waals surface area (Å²) in [6.07, 6.45) is 0. The molecule has 0 aliphatic heterocycles. The van der Waals surface area contributed by atoms with Gasteiger partial charge in [-0.05, 0) is 44.5 Å². The Bertz CT molecular complexity index is 1290. The standard InChI is InChI=1S/C22H23Cl2N5O5S2/c1-4-29-15(9-34-14-7-6-12(23)8-13(14)24)27-28-22(29)35-10-16(30)26-20-17(21(32)33-5-2)11(3)18(36-20)19(25)31/h6-8H,4-5,9-10H2,1-3H3,(H2,25,31)(H,26,30). The summed E-state index contributed by atoms with van der Waals surface area (Å²) in [5, 5.41) is 12.6. The number of nitrogens with one attached hydrogen (secondary N) is 1. The molecule has 3 N–H and O–H groups in total. The molecule has 0 spiro atoms. The van der Waals surface area contributed by atoms with Gasteiger partial charge < -0.3 is 25.1 Å². The number of anilines is 1. The highest BCUT2D eigenvalue weighted by Gasteiger charge is 2.26. The summed E-state index contributed by atoms with van der Waals surface area (Å²) in [4.78, 5) is 37.0. The highest BCUT2D eigenvalue weighted by molar-refractivity contribution is 7.99. The molecule has 0 unspecified atom stereocenters. The van der Waals surface area contributed by atoms with Crippen molar-refractivity contribution in [3.63, 3.8) is 0 Å². The quantitative estimate of drug-likeness (QED) is 0.252. The molecule has 1 aromatic carbocycles. The second kappa shape index (κ2) is 12.4. The zero-order valence-electron chi connectivity index (χ0n) is 19.6. The second-order valence-electron chi connectivity index (χ2n) is 7.19. The number of nitrogens with zero attached hydrogens (tertiary/aromatic N) is 3. The maximum absolute atomic E-state index is 12.7. The summed E-state index contributed by atoms with van der Waals surface area (Å²) in [7, 11) is 0. The van der Waals surface area contributed by atoms with E-state index in [0.717, 1.165) is 23.1 Å². The molecule has 0 bridgehead atoms. The molecule has 3 rings (SSSR count). The van der Waals surface area contributed by atoms with Gasteiger partial charge >= 0.3 is 5.97 Å². The normalized spacial score (nSPS) is 10.8. The van der Waals surface area contributed by atoms with Gasteiger partial charge in [0.2, 0.25) is 5.91 Å². The molecule has 2 aromatic heterocycles. The number of primary amides is 1. The molecule has 0 aliphatic carbocycles. The average molecular weight is 572 g/mol. The molecule has 14 heteroatoms. The van der Waals surface area contributed by atoms with Crippen molar-refractivity contribution in [3.8, 4) is 5.75 Å². The number of halogens is 2. The Labute approximate surface area is 225 Å². The summed E-state index contributed by atoms with van der Waals surface area (Å²) < 4.78 is 12.6. The van der Waals surface area contributed by atoms with Crippen LogP contribution in [0.15, 0.2) is 23.4 Å². The molecule has 3 aromatic rings. The van der Waals surface area contributed by atoms with Gasteiger partial charge in [0.1, 0.15) is 17.4 Å². The van der Waals surface area contributed by atoms with E-state index in [1.54, 1.807) is 32.0 Å². The van der Waals surface area contributed by atoms with Crippen LogP contribution in [0.3, 0.4) is 0 Å². The van der Waals surface area contributed by atoms with Crippen LogP contribution in [0.4, 0.5) is 5.00 Å². The van der Waals surface area contributed by atoms with E-state index in [0.29, 0.717) is 38.9 Å². The van der Waals surface area contributed by atoms with E-state index in [4.69, 9.17) is 38.4 Å². The van der Waals surface area contributed by atoms with Crippen LogP contribution >= 0.6 is 46.3 Å². The van der Waals surface area contributed by atoms with Gasteiger partial charge in [0, 0.05) is 11.6 Å². The Hall–Kier alpha value is -2.80. The number of carbonyl (C=O) groups excluding carboxylic acids is 3. The van der Waals surface area contributed by atoms with Crippen LogP contribution in [0, 0.1) is 6.92 Å². The van der Waals surface area contributed by atoms with Gasteiger partial charge in [0.05, 0.1) is 27.8 Å². The Morgan fingerprint density at radius 1 is 1.22 bits per heavy atom. The molecule has 0 atom stereocenters. The molecule has 0 aliphatic rings. The first-order chi connectivity index (χ1) is 17.2. The Balaban J connectivity index is 1.68. The third-order valence-electron chi connectivity index (χ3n) is 4.80. The number of hydrogen-bond acceptors (Lipinski definition) is 9. The highest BCUT2D eigenvalue weighted by atomic mass is 35.5. The largest absolute Gasteiger partial charge is 0.484 e. The fourth-order valence-electron chi connectivity index (χ4n) is 3.16. The van der Waals surface area contributed by atoms with Crippen LogP contribution in [0.25, 0.3) is 0 Å². The van der Waals surface area contributed by atoms with Crippen molar-refractivity contribution in [2.24, 2.45) is 5.73 Å². The molecule has 0 saturated carbocycles. The number of rotatable bonds is 11. The summed E-state index contributed by atoms with van der Waals surface area (Å²) >= 11 is 14.2. The number of ether oxygens (including phenoxy) is 2. The summed E-state index contributed by atoms with van der Waals surface area (Å²) in [6, 6.07) is 4.91. The molecular formula is C22H23Cl2N5O5S2. The highest BCUT2D eigenvalue weighted by Crippen LogP contribution is 2.34. The van der Waals surface area contributed by atoms with Gasteiger partial charge in [-0.1, -0.05) is 35.0 Å². The molecular weight excluding hydrogens is 549 g/mol. The van der Waals surface area contributed by atoms with Crippen molar-refractivity contribution in [3.05, 3.63) is 50.1 Å². The van der Waals surface area contributed by atoms with E-state index in [1.807, 2.05) is 11.5 Å². The van der Waals surface area contributed by atoms with Crippen LogP contribution in [0.5, 0.6) is 5.75 Å². The smallest absolute Gasteiger partial charge is 0.341 e. The lowest BCUT2D eigenvalue weighted by Crippen LogP contribution is -2.17. The number of aromatic nitrogens is 3. The number of amides is 2. The topological polar surface area (TPSA) is 138 Å². The molecule has 10 nitrogen and oxygen atoms in total. The molecule has 2 amide bonds. The second-order valence-corrected chi connectivity index (χ2v) is 10.00. The van der Waals surface area contributed by atoms with Gasteiger partial charge in [-0.25, -0.2) is 4.79 Å². The van der Waals surface area contributed by atoms with Crippen molar-refractivity contribution in [2.75, 3.05) is 17.7 Å². The lowest BCUT2D eigenvalue weighted by Gasteiger charge is -2.10. The van der Waals surface area contributed by atoms with Crippen molar-refractivity contribution >= 4 is 69.1 Å². The first kappa shape index (κ1) is 27.8. The zero-order chi connectivity index (χ0) is 26.4. The third-order valence-corrected chi connectivity index (χ3v) is 7.51. The lowest BCUT2D eigenvalue weighted by molar-refractivity contribution is -0.113. The average Bonchev–Trinajstić information content (AvgIpc) is 3.37. The van der Waals surface area contributed by atoms with Gasteiger partial charge in [-0.15, -0.1) is 21.5 Å². The van der Waals surface area contributed by atoms with E-state index < -0.39 is 17.8 Å². The zero-order valence-corrected chi connectivity index (χ0v) is 22.7. The maximum atomic E-state index is 12.7. The van der Waals surface area contributed by atoms with Gasteiger partial charge in [0.25, 0.3) is 5.91 Å². The molecule has 0 fully saturated rings. The van der Waals surface area contributed by atoms with E-state index in [-0.39, 0.29) is 34.4 Å². The van der Waals surface area contributed by atoms with Crippen molar-refractivity contribution in [1.29, 1.82) is 0 Å². The van der Waals surface area contributed by atoms with Crippen molar-refractivity contribution < 1.29 is 23.9 Å².